The Labute approximate surface area is 115 Å². The molecule has 1 heterocycles. The highest BCUT2D eigenvalue weighted by atomic mass is 16.6. The molecule has 0 aromatic carbocycles. The first kappa shape index (κ1) is 30.3. The van der Waals surface area contributed by atoms with Crippen LogP contribution in [-0.2, 0) is 14.3 Å². The molecule has 0 bridgehead atoms. The molecule has 1 fully saturated rings. The number of carbonyl (C=O) groups is 2. The average molecular weight is 264 g/mol. The van der Waals surface area contributed by atoms with E-state index in [2.05, 4.69) is 4.74 Å². The van der Waals surface area contributed by atoms with Crippen LogP contribution in [0.5, 0.6) is 0 Å². The molecule has 1 unspecified atom stereocenters. The Balaban J connectivity index is -0.0000000482. The van der Waals surface area contributed by atoms with Crippen molar-refractivity contribution < 1.29 is 14.3 Å². The van der Waals surface area contributed by atoms with Crippen molar-refractivity contribution in [1.82, 2.24) is 0 Å². The van der Waals surface area contributed by atoms with Crippen LogP contribution in [0.1, 0.15) is 82.6 Å². The van der Waals surface area contributed by atoms with Gasteiger partial charge < -0.3 is 4.74 Å². The lowest BCUT2D eigenvalue weighted by Crippen LogP contribution is -2.01. The van der Waals surface area contributed by atoms with E-state index >= 15 is 0 Å². The van der Waals surface area contributed by atoms with E-state index in [1.165, 1.54) is 0 Å². The van der Waals surface area contributed by atoms with Gasteiger partial charge in [0.25, 0.3) is 0 Å². The molecule has 0 N–H and O–H groups in total. The van der Waals surface area contributed by atoms with Gasteiger partial charge in [-0.2, -0.15) is 0 Å². The number of hydrogen-bond acceptors (Lipinski definition) is 3. The Morgan fingerprint density at radius 2 is 1.06 bits per heavy atom. The Morgan fingerprint density at radius 1 is 0.778 bits per heavy atom. The summed E-state index contributed by atoms with van der Waals surface area (Å²) >= 11 is 0. The quantitative estimate of drug-likeness (QED) is 0.444. The summed E-state index contributed by atoms with van der Waals surface area (Å²) in [6, 6.07) is 0. The molecule has 0 aromatic rings. The van der Waals surface area contributed by atoms with E-state index in [0.717, 1.165) is 0 Å². The van der Waals surface area contributed by atoms with Crippen molar-refractivity contribution in [1.29, 1.82) is 0 Å². The standard InChI is InChI=1S/C5H6O3.5C2H6/c1-3-2-4(6)8-5(3)7;5*1-2/h3H,2H2,1H3;5*1-2H3. The van der Waals surface area contributed by atoms with Crippen LogP contribution in [0.3, 0.4) is 0 Å². The molecule has 0 amide bonds. The molecular formula is C15H36O3. The van der Waals surface area contributed by atoms with Crippen molar-refractivity contribution in [2.75, 3.05) is 0 Å². The highest BCUT2D eigenvalue weighted by Gasteiger charge is 2.28. The summed E-state index contributed by atoms with van der Waals surface area (Å²) < 4.78 is 4.20. The smallest absolute Gasteiger partial charge is 0.316 e. The van der Waals surface area contributed by atoms with Crippen molar-refractivity contribution in [2.24, 2.45) is 5.92 Å². The van der Waals surface area contributed by atoms with Crippen molar-refractivity contribution in [3.63, 3.8) is 0 Å². The largest absolute Gasteiger partial charge is 0.393 e. The van der Waals surface area contributed by atoms with Crippen LogP contribution in [0, 0.1) is 5.92 Å². The topological polar surface area (TPSA) is 43.4 Å². The molecule has 1 saturated heterocycles. The molecule has 3 heteroatoms. The van der Waals surface area contributed by atoms with Gasteiger partial charge in [-0.25, -0.2) is 0 Å². The van der Waals surface area contributed by atoms with E-state index in [4.69, 9.17) is 0 Å². The first-order valence-corrected chi connectivity index (χ1v) is 7.44. The van der Waals surface area contributed by atoms with Crippen LogP contribution in [-0.4, -0.2) is 11.9 Å². The summed E-state index contributed by atoms with van der Waals surface area (Å²) in [5, 5.41) is 0. The lowest BCUT2D eigenvalue weighted by Gasteiger charge is -1.86. The maximum atomic E-state index is 10.3. The van der Waals surface area contributed by atoms with Gasteiger partial charge in [-0.1, -0.05) is 76.2 Å². The van der Waals surface area contributed by atoms with Crippen molar-refractivity contribution >= 4 is 11.9 Å². The van der Waals surface area contributed by atoms with Gasteiger partial charge in [0.05, 0.1) is 12.3 Å². The van der Waals surface area contributed by atoms with Gasteiger partial charge >= 0.3 is 11.9 Å². The number of carbonyl (C=O) groups excluding carboxylic acids is 2. The van der Waals surface area contributed by atoms with Gasteiger partial charge in [-0.05, 0) is 0 Å². The number of rotatable bonds is 0. The molecule has 0 saturated carbocycles. The first-order chi connectivity index (χ1) is 8.70. The van der Waals surface area contributed by atoms with Crippen LogP contribution in [0.15, 0.2) is 0 Å². The summed E-state index contributed by atoms with van der Waals surface area (Å²) in [7, 11) is 0. The fraction of sp³-hybridized carbons (Fsp3) is 0.867. The van der Waals surface area contributed by atoms with Crippen LogP contribution in [0.4, 0.5) is 0 Å². The predicted molar refractivity (Wildman–Crippen MR) is 81.6 cm³/mol. The highest BCUT2D eigenvalue weighted by Crippen LogP contribution is 2.13. The summed E-state index contributed by atoms with van der Waals surface area (Å²) in [6.07, 6.45) is 0.249. The number of hydrogen-bond donors (Lipinski definition) is 0. The summed E-state index contributed by atoms with van der Waals surface area (Å²) in [6.45, 7) is 21.7. The van der Waals surface area contributed by atoms with E-state index in [1.807, 2.05) is 69.2 Å². The minimum Gasteiger partial charge on any atom is -0.393 e. The van der Waals surface area contributed by atoms with E-state index in [-0.39, 0.29) is 12.3 Å². The molecule has 0 radical (unpaired) electrons. The van der Waals surface area contributed by atoms with Crippen LogP contribution >= 0.6 is 0 Å². The Bertz CT molecular complexity index is 143. The molecule has 1 atom stereocenters. The molecule has 1 rings (SSSR count). The summed E-state index contributed by atoms with van der Waals surface area (Å²) in [5.74, 6) is -1.01. The molecule has 0 aromatic heterocycles. The minimum absolute atomic E-state index is 0.220. The van der Waals surface area contributed by atoms with Gasteiger partial charge in [-0.3, -0.25) is 9.59 Å². The third-order valence-corrected chi connectivity index (χ3v) is 1.09. The molecule has 1 aliphatic heterocycles. The second-order valence-electron chi connectivity index (χ2n) is 1.90. The second-order valence-corrected chi connectivity index (χ2v) is 1.90. The molecule has 0 spiro atoms. The van der Waals surface area contributed by atoms with Crippen molar-refractivity contribution in [3.8, 4) is 0 Å². The summed E-state index contributed by atoms with van der Waals surface area (Å²) in [5.41, 5.74) is 0. The SMILES string of the molecule is CC.CC.CC.CC.CC.CC1CC(=O)OC1=O. The van der Waals surface area contributed by atoms with E-state index in [9.17, 15) is 9.59 Å². The zero-order valence-corrected chi connectivity index (χ0v) is 14.5. The lowest BCUT2D eigenvalue weighted by atomic mass is 10.1. The number of ether oxygens (including phenoxy) is 1. The monoisotopic (exact) mass is 264 g/mol. The number of esters is 2. The Morgan fingerprint density at radius 3 is 1.11 bits per heavy atom. The molecule has 3 nitrogen and oxygen atoms in total. The zero-order valence-electron chi connectivity index (χ0n) is 14.5. The van der Waals surface area contributed by atoms with E-state index < -0.39 is 11.9 Å². The Kier molecular flexibility index (Phi) is 60.6. The van der Waals surface area contributed by atoms with Crippen LogP contribution in [0.25, 0.3) is 0 Å². The van der Waals surface area contributed by atoms with Crippen LogP contribution < -0.4 is 0 Å². The van der Waals surface area contributed by atoms with Gasteiger partial charge in [-0.15, -0.1) is 0 Å². The lowest BCUT2D eigenvalue weighted by molar-refractivity contribution is -0.152. The molecule has 18 heavy (non-hydrogen) atoms. The van der Waals surface area contributed by atoms with E-state index in [1.54, 1.807) is 6.92 Å². The molecule has 114 valence electrons. The Hall–Kier alpha value is -0.860. The summed E-state index contributed by atoms with van der Waals surface area (Å²) in [4.78, 5) is 20.6. The minimum atomic E-state index is -0.400. The third kappa shape index (κ3) is 24.4. The molecule has 0 aliphatic carbocycles. The fourth-order valence-corrected chi connectivity index (χ4v) is 0.588. The normalized spacial score (nSPS) is 14.3. The van der Waals surface area contributed by atoms with Crippen molar-refractivity contribution in [3.05, 3.63) is 0 Å². The maximum Gasteiger partial charge on any atom is 0.316 e. The van der Waals surface area contributed by atoms with Crippen molar-refractivity contribution in [2.45, 2.75) is 82.6 Å². The molecular weight excluding hydrogens is 228 g/mol. The first-order valence-electron chi connectivity index (χ1n) is 7.44. The van der Waals surface area contributed by atoms with Gasteiger partial charge in [0.1, 0.15) is 0 Å². The van der Waals surface area contributed by atoms with Gasteiger partial charge in [0.2, 0.25) is 0 Å². The van der Waals surface area contributed by atoms with Gasteiger partial charge in [0, 0.05) is 0 Å². The maximum absolute atomic E-state index is 10.3. The second kappa shape index (κ2) is 36.0. The highest BCUT2D eigenvalue weighted by molar-refractivity contribution is 5.94. The van der Waals surface area contributed by atoms with Crippen LogP contribution in [0.2, 0.25) is 0 Å². The predicted octanol–water partition coefficient (Wildman–Crippen LogP) is 5.23. The molecule has 1 aliphatic rings. The average Bonchev–Trinajstić information content (AvgIpc) is 2.78. The third-order valence-electron chi connectivity index (χ3n) is 1.09. The zero-order chi connectivity index (χ0) is 16.1. The van der Waals surface area contributed by atoms with E-state index in [0.29, 0.717) is 0 Å². The fourth-order valence-electron chi connectivity index (χ4n) is 0.588. The number of cyclic esters (lactones) is 2. The van der Waals surface area contributed by atoms with Gasteiger partial charge in [0.15, 0.2) is 0 Å².